The van der Waals surface area contributed by atoms with Crippen LogP contribution in [-0.4, -0.2) is 51.7 Å². The van der Waals surface area contributed by atoms with Crippen molar-refractivity contribution in [2.75, 3.05) is 13.7 Å². The number of rotatable bonds is 8. The summed E-state index contributed by atoms with van der Waals surface area (Å²) in [6.07, 6.45) is 5.50. The Hall–Kier alpha value is -2.36. The van der Waals surface area contributed by atoms with Gasteiger partial charge in [-0.3, -0.25) is 4.99 Å². The van der Waals surface area contributed by atoms with Gasteiger partial charge in [-0.25, -0.2) is 4.39 Å². The smallest absolute Gasteiger partial charge is 0.159 e. The first-order valence-electron chi connectivity index (χ1n) is 11.9. The summed E-state index contributed by atoms with van der Waals surface area (Å²) in [6, 6.07) is 6.51. The summed E-state index contributed by atoms with van der Waals surface area (Å²) in [5.41, 5.74) is 1.74. The van der Waals surface area contributed by atoms with E-state index in [1.807, 2.05) is 23.0 Å². The van der Waals surface area contributed by atoms with Gasteiger partial charge in [0.25, 0.3) is 0 Å². The highest BCUT2D eigenvalue weighted by Gasteiger charge is 2.32. The quantitative estimate of drug-likeness (QED) is 0.390. The van der Waals surface area contributed by atoms with E-state index < -0.39 is 11.9 Å². The summed E-state index contributed by atoms with van der Waals surface area (Å²) in [5, 5.41) is 30.5. The van der Waals surface area contributed by atoms with Gasteiger partial charge in [-0.15, -0.1) is 0 Å². The van der Waals surface area contributed by atoms with Crippen molar-refractivity contribution in [2.45, 2.75) is 77.6 Å². The molecule has 0 aliphatic carbocycles. The Bertz CT molecular complexity index is 1090. The molecule has 7 nitrogen and oxygen atoms in total. The molecule has 3 rings (SSSR count). The van der Waals surface area contributed by atoms with Crippen LogP contribution in [0.5, 0.6) is 0 Å². The number of unbranched alkanes of at least 4 members (excludes halogenated alkanes) is 1. The fourth-order valence-electron chi connectivity index (χ4n) is 3.66. The van der Waals surface area contributed by atoms with E-state index in [1.54, 1.807) is 32.9 Å². The molecule has 3 atom stereocenters. The first kappa shape index (κ1) is 28.9. The number of aromatic nitrogens is 1. The Labute approximate surface area is 206 Å². The maximum atomic E-state index is 13.5. The van der Waals surface area contributed by atoms with Gasteiger partial charge in [-0.05, 0) is 63.3 Å². The predicted molar refractivity (Wildman–Crippen MR) is 136 cm³/mol. The fourth-order valence-corrected chi connectivity index (χ4v) is 3.66. The second kappa shape index (κ2) is 13.1. The maximum Gasteiger partial charge on any atom is 0.159 e. The van der Waals surface area contributed by atoms with Crippen molar-refractivity contribution in [1.29, 1.82) is 0 Å². The van der Waals surface area contributed by atoms with Crippen molar-refractivity contribution < 1.29 is 29.2 Å². The third kappa shape index (κ3) is 8.08. The third-order valence-corrected chi connectivity index (χ3v) is 5.87. The number of methoxy groups -OCH3 is 1. The molecule has 0 radical (unpaired) electrons. The minimum atomic E-state index is -0.958. The lowest BCUT2D eigenvalue weighted by Crippen LogP contribution is -2.32. The normalized spacial score (nSPS) is 20.0. The molecule has 0 bridgehead atoms. The summed E-state index contributed by atoms with van der Waals surface area (Å²) >= 11 is 0. The van der Waals surface area contributed by atoms with Crippen LogP contribution in [0.25, 0.3) is 12.3 Å². The highest BCUT2D eigenvalue weighted by molar-refractivity contribution is 5.65. The van der Waals surface area contributed by atoms with Crippen LogP contribution >= 0.6 is 0 Å². The van der Waals surface area contributed by atoms with E-state index in [9.17, 15) is 14.6 Å². The molecule has 0 saturated carbocycles. The van der Waals surface area contributed by atoms with E-state index in [1.165, 1.54) is 13.2 Å². The average molecular weight is 491 g/mol. The summed E-state index contributed by atoms with van der Waals surface area (Å²) in [5.74, 6) is -1.25. The van der Waals surface area contributed by atoms with Crippen LogP contribution in [0.4, 0.5) is 4.39 Å². The van der Waals surface area contributed by atoms with Crippen molar-refractivity contribution >= 4 is 18.5 Å². The zero-order chi connectivity index (χ0) is 26.2. The Morgan fingerprint density at radius 3 is 2.63 bits per heavy atom. The average Bonchev–Trinajstić information content (AvgIpc) is 3.45. The molecule has 0 amide bonds. The SMILES string of the molecule is C=c1/c(=C(/CO)N=CCCC)ccn1C1CCC(C(O)c2ccc(F)c(C)c2)O1.COC(C)(C)O. The summed E-state index contributed by atoms with van der Waals surface area (Å²) in [7, 11) is 1.46. The molecule has 194 valence electrons. The molecule has 0 spiro atoms. The number of aryl methyl sites for hydroxylation is 1. The molecule has 1 saturated heterocycles. The maximum absolute atomic E-state index is 13.5. The van der Waals surface area contributed by atoms with Gasteiger partial charge in [-0.1, -0.05) is 32.1 Å². The molecule has 3 N–H and O–H groups in total. The van der Waals surface area contributed by atoms with Crippen molar-refractivity contribution in [3.05, 3.63) is 58.0 Å². The number of hydrogen-bond acceptors (Lipinski definition) is 6. The van der Waals surface area contributed by atoms with Gasteiger partial charge in [0.1, 0.15) is 18.1 Å². The minimum absolute atomic E-state index is 0.163. The topological polar surface area (TPSA) is 96.4 Å². The number of aliphatic imine (C=N–C) groups is 1. The molecular formula is C27H39FN2O5. The number of aliphatic hydroxyl groups excluding tert-OH is 2. The van der Waals surface area contributed by atoms with Gasteiger partial charge < -0.3 is 29.4 Å². The minimum Gasteiger partial charge on any atom is -0.390 e. The zero-order valence-electron chi connectivity index (χ0n) is 21.4. The van der Waals surface area contributed by atoms with Crippen LogP contribution in [0.2, 0.25) is 0 Å². The van der Waals surface area contributed by atoms with Crippen LogP contribution in [0.1, 0.15) is 69.9 Å². The van der Waals surface area contributed by atoms with Gasteiger partial charge in [0.05, 0.1) is 18.4 Å². The van der Waals surface area contributed by atoms with E-state index in [-0.39, 0.29) is 24.8 Å². The number of ether oxygens (including phenoxy) is 2. The van der Waals surface area contributed by atoms with E-state index >= 15 is 0 Å². The number of hydrogen-bond donors (Lipinski definition) is 3. The second-order valence-electron chi connectivity index (χ2n) is 9.10. The second-order valence-corrected chi connectivity index (χ2v) is 9.10. The van der Waals surface area contributed by atoms with Crippen molar-refractivity contribution in [3.8, 4) is 0 Å². The first-order chi connectivity index (χ1) is 16.5. The lowest BCUT2D eigenvalue weighted by atomic mass is 10.0. The van der Waals surface area contributed by atoms with Crippen LogP contribution in [0.15, 0.2) is 35.5 Å². The van der Waals surface area contributed by atoms with Crippen LogP contribution in [-0.2, 0) is 9.47 Å². The summed E-state index contributed by atoms with van der Waals surface area (Å²) < 4.78 is 26.0. The molecule has 8 heteroatoms. The summed E-state index contributed by atoms with van der Waals surface area (Å²) in [4.78, 5) is 4.38. The summed E-state index contributed by atoms with van der Waals surface area (Å²) in [6.45, 7) is 10.9. The Morgan fingerprint density at radius 1 is 1.37 bits per heavy atom. The molecule has 2 heterocycles. The molecule has 1 aliphatic heterocycles. The molecule has 1 aromatic heterocycles. The highest BCUT2D eigenvalue weighted by atomic mass is 19.1. The largest absolute Gasteiger partial charge is 0.390 e. The molecule has 1 aromatic carbocycles. The third-order valence-electron chi connectivity index (χ3n) is 5.87. The highest BCUT2D eigenvalue weighted by Crippen LogP contribution is 2.34. The Balaban J connectivity index is 0.000000641. The van der Waals surface area contributed by atoms with Crippen molar-refractivity contribution in [2.24, 2.45) is 4.99 Å². The van der Waals surface area contributed by atoms with Gasteiger partial charge in [-0.2, -0.15) is 0 Å². The van der Waals surface area contributed by atoms with E-state index in [2.05, 4.69) is 23.2 Å². The van der Waals surface area contributed by atoms with E-state index in [0.29, 0.717) is 23.2 Å². The monoisotopic (exact) mass is 490 g/mol. The number of nitrogens with zero attached hydrogens (tertiary/aromatic N) is 2. The standard InChI is InChI=1S/C23H29FN2O3.C4H10O2/c1-4-5-11-25-20(14-27)18-10-12-26(16(18)3)22-9-8-21(29-22)23(28)17-6-7-19(24)15(2)13-17;1-4(2,5)6-3/h6-7,10-13,21-23,27-28H,3-5,8-9,14H2,1-2H3;5H,1-3H3/b20-18-,25-11?;. The first-order valence-corrected chi connectivity index (χ1v) is 11.9. The van der Waals surface area contributed by atoms with E-state index in [4.69, 9.17) is 9.84 Å². The number of halogens is 1. The predicted octanol–water partition coefficient (Wildman–Crippen LogP) is 3.09. The molecule has 2 aromatic rings. The Morgan fingerprint density at radius 2 is 2.06 bits per heavy atom. The molecule has 35 heavy (non-hydrogen) atoms. The van der Waals surface area contributed by atoms with Crippen molar-refractivity contribution in [1.82, 2.24) is 4.57 Å². The van der Waals surface area contributed by atoms with Crippen LogP contribution < -0.4 is 10.6 Å². The lowest BCUT2D eigenvalue weighted by Gasteiger charge is -2.21. The number of benzene rings is 1. The molecular weight excluding hydrogens is 451 g/mol. The van der Waals surface area contributed by atoms with Gasteiger partial charge >= 0.3 is 0 Å². The van der Waals surface area contributed by atoms with Gasteiger partial charge in [0, 0.05) is 30.1 Å². The lowest BCUT2D eigenvalue weighted by molar-refractivity contribution is -0.155. The van der Waals surface area contributed by atoms with Gasteiger partial charge in [0.15, 0.2) is 5.79 Å². The zero-order valence-corrected chi connectivity index (χ0v) is 21.4. The van der Waals surface area contributed by atoms with Crippen molar-refractivity contribution in [3.63, 3.8) is 0 Å². The van der Waals surface area contributed by atoms with Gasteiger partial charge in [0.2, 0.25) is 0 Å². The molecule has 1 fully saturated rings. The molecule has 1 aliphatic rings. The van der Waals surface area contributed by atoms with E-state index in [0.717, 1.165) is 29.8 Å². The van der Waals surface area contributed by atoms with Crippen LogP contribution in [0, 0.1) is 12.7 Å². The molecule has 3 unspecified atom stereocenters. The fraction of sp³-hybridized carbons (Fsp3) is 0.519. The number of aliphatic hydroxyl groups is 3. The Kier molecular flexibility index (Phi) is 10.8. The van der Waals surface area contributed by atoms with Crippen LogP contribution in [0.3, 0.4) is 0 Å².